The van der Waals surface area contributed by atoms with Gasteiger partial charge in [-0.3, -0.25) is 9.88 Å². The van der Waals surface area contributed by atoms with Crippen molar-refractivity contribution in [2.24, 2.45) is 0 Å². The molecule has 1 aromatic heterocycles. The lowest BCUT2D eigenvalue weighted by Crippen LogP contribution is -2.32. The number of cyclic esters (lactones) is 1. The molecule has 3 aromatic carbocycles. The molecule has 1 aliphatic carbocycles. The molecule has 48 heavy (non-hydrogen) atoms. The Morgan fingerprint density at radius 2 is 1.56 bits per heavy atom. The number of pyridine rings is 1. The Morgan fingerprint density at radius 3 is 2.15 bits per heavy atom. The highest BCUT2D eigenvalue weighted by molar-refractivity contribution is 6.33. The zero-order valence-corrected chi connectivity index (χ0v) is 25.6. The maximum atomic E-state index is 15.0. The van der Waals surface area contributed by atoms with E-state index in [0.29, 0.717) is 34.5 Å². The molecule has 6 rings (SSSR count). The van der Waals surface area contributed by atoms with Crippen LogP contribution in [-0.4, -0.2) is 33.1 Å². The zero-order valence-electron chi connectivity index (χ0n) is 24.8. The number of aromatic carboxylic acids is 1. The number of carboxylic acid groups (broad SMARTS) is 1. The SMILES string of the molecule is C[C@H]1[C@@H](c2cc(C(F)(F)F)cc(C(F)(F)F)c2)OC(=O)N1Cc1nc(C2CC2)ccc1-c1cc(-c2ccc(C(=O)O)cc2F)ccc1Cl. The molecule has 2 atom stereocenters. The fourth-order valence-electron chi connectivity index (χ4n) is 5.74. The summed E-state index contributed by atoms with van der Waals surface area (Å²) in [5.41, 5.74) is -1.42. The van der Waals surface area contributed by atoms with E-state index in [1.807, 2.05) is 0 Å². The summed E-state index contributed by atoms with van der Waals surface area (Å²) in [4.78, 5) is 30.4. The van der Waals surface area contributed by atoms with Gasteiger partial charge in [0.15, 0.2) is 0 Å². The lowest BCUT2D eigenvalue weighted by molar-refractivity contribution is -0.143. The first-order valence-electron chi connectivity index (χ1n) is 14.6. The molecule has 2 heterocycles. The first-order valence-corrected chi connectivity index (χ1v) is 15.0. The summed E-state index contributed by atoms with van der Waals surface area (Å²) in [7, 11) is 0. The van der Waals surface area contributed by atoms with Gasteiger partial charge >= 0.3 is 24.4 Å². The minimum Gasteiger partial charge on any atom is -0.478 e. The van der Waals surface area contributed by atoms with Crippen LogP contribution in [0, 0.1) is 5.82 Å². The Morgan fingerprint density at radius 1 is 0.917 bits per heavy atom. The van der Waals surface area contributed by atoms with Gasteiger partial charge in [-0.05, 0) is 79.4 Å². The number of amides is 1. The Balaban J connectivity index is 1.38. The molecule has 1 aliphatic heterocycles. The summed E-state index contributed by atoms with van der Waals surface area (Å²) in [5, 5.41) is 9.44. The number of carbonyl (C=O) groups is 2. The molecule has 14 heteroatoms. The summed E-state index contributed by atoms with van der Waals surface area (Å²) in [6, 6.07) is 11.7. The summed E-state index contributed by atoms with van der Waals surface area (Å²) in [5.74, 6) is -1.91. The number of ether oxygens (including phenoxy) is 1. The van der Waals surface area contributed by atoms with Crippen LogP contribution in [0.3, 0.4) is 0 Å². The molecule has 1 amide bonds. The normalized spacial score (nSPS) is 18.3. The largest absolute Gasteiger partial charge is 0.478 e. The molecule has 0 bridgehead atoms. The van der Waals surface area contributed by atoms with Crippen LogP contribution in [0.5, 0.6) is 0 Å². The highest BCUT2D eigenvalue weighted by atomic mass is 35.5. The van der Waals surface area contributed by atoms with E-state index < -0.39 is 59.1 Å². The van der Waals surface area contributed by atoms with Gasteiger partial charge < -0.3 is 9.84 Å². The second-order valence-electron chi connectivity index (χ2n) is 11.7. The van der Waals surface area contributed by atoms with Crippen LogP contribution in [0.15, 0.2) is 66.7 Å². The molecule has 4 aromatic rings. The van der Waals surface area contributed by atoms with Gasteiger partial charge in [0, 0.05) is 33.3 Å². The van der Waals surface area contributed by atoms with Crippen LogP contribution in [0.25, 0.3) is 22.3 Å². The van der Waals surface area contributed by atoms with Crippen LogP contribution in [-0.2, 0) is 23.6 Å². The second kappa shape index (κ2) is 12.1. The van der Waals surface area contributed by atoms with Crippen LogP contribution in [0.4, 0.5) is 35.5 Å². The highest BCUT2D eigenvalue weighted by Crippen LogP contribution is 2.44. The third-order valence-electron chi connectivity index (χ3n) is 8.43. The van der Waals surface area contributed by atoms with Crippen molar-refractivity contribution in [1.29, 1.82) is 0 Å². The third-order valence-corrected chi connectivity index (χ3v) is 8.76. The third kappa shape index (κ3) is 6.55. The molecule has 0 spiro atoms. The Hall–Kier alpha value is -4.65. The van der Waals surface area contributed by atoms with Gasteiger partial charge in [-0.1, -0.05) is 29.8 Å². The quantitative estimate of drug-likeness (QED) is 0.195. The summed E-state index contributed by atoms with van der Waals surface area (Å²) in [6.45, 7) is 1.21. The highest BCUT2D eigenvalue weighted by Gasteiger charge is 2.43. The van der Waals surface area contributed by atoms with Crippen LogP contribution >= 0.6 is 11.6 Å². The first-order chi connectivity index (χ1) is 22.5. The molecule has 1 N–H and O–H groups in total. The molecule has 0 radical (unpaired) electrons. The molecule has 2 aliphatic rings. The predicted octanol–water partition coefficient (Wildman–Crippen LogP) is 9.90. The number of aromatic nitrogens is 1. The van der Waals surface area contributed by atoms with Crippen molar-refractivity contribution in [2.75, 3.05) is 0 Å². The van der Waals surface area contributed by atoms with Gasteiger partial charge in [-0.15, -0.1) is 0 Å². The number of carboxylic acids is 1. The van der Waals surface area contributed by atoms with Crippen molar-refractivity contribution in [1.82, 2.24) is 9.88 Å². The van der Waals surface area contributed by atoms with Crippen molar-refractivity contribution in [2.45, 2.75) is 56.7 Å². The molecular weight excluding hydrogens is 669 g/mol. The summed E-state index contributed by atoms with van der Waals surface area (Å²) < 4.78 is 102. The topological polar surface area (TPSA) is 79.7 Å². The van der Waals surface area contributed by atoms with Crippen LogP contribution in [0.1, 0.15) is 70.2 Å². The van der Waals surface area contributed by atoms with Gasteiger partial charge in [0.1, 0.15) is 11.9 Å². The molecule has 1 saturated carbocycles. The van der Waals surface area contributed by atoms with E-state index in [0.717, 1.165) is 24.6 Å². The number of hydrogen-bond acceptors (Lipinski definition) is 4. The molecule has 250 valence electrons. The maximum absolute atomic E-state index is 15.0. The van der Waals surface area contributed by atoms with Gasteiger partial charge in [0.05, 0.1) is 35.0 Å². The monoisotopic (exact) mass is 692 g/mol. The second-order valence-corrected chi connectivity index (χ2v) is 12.1. The minimum atomic E-state index is -5.08. The van der Waals surface area contributed by atoms with E-state index in [2.05, 4.69) is 0 Å². The van der Waals surface area contributed by atoms with Gasteiger partial charge in [0.2, 0.25) is 0 Å². The van der Waals surface area contributed by atoms with E-state index in [1.165, 1.54) is 30.0 Å². The fraction of sp³-hybridized carbons (Fsp3) is 0.265. The van der Waals surface area contributed by atoms with E-state index in [4.69, 9.17) is 21.3 Å². The first kappa shape index (κ1) is 33.3. The fourth-order valence-corrected chi connectivity index (χ4v) is 5.96. The van der Waals surface area contributed by atoms with Crippen molar-refractivity contribution >= 4 is 23.7 Å². The number of rotatable bonds is 7. The van der Waals surface area contributed by atoms with E-state index in [1.54, 1.807) is 24.3 Å². The van der Waals surface area contributed by atoms with Gasteiger partial charge in [-0.2, -0.15) is 26.3 Å². The van der Waals surface area contributed by atoms with Crippen molar-refractivity contribution in [3.05, 3.63) is 111 Å². The lowest BCUT2D eigenvalue weighted by atomic mass is 9.95. The van der Waals surface area contributed by atoms with Crippen LogP contribution in [0.2, 0.25) is 5.02 Å². The molecule has 2 fully saturated rings. The maximum Gasteiger partial charge on any atom is 0.416 e. The number of hydrogen-bond donors (Lipinski definition) is 1. The van der Waals surface area contributed by atoms with E-state index in [9.17, 15) is 45.4 Å². The van der Waals surface area contributed by atoms with E-state index >= 15 is 0 Å². The summed E-state index contributed by atoms with van der Waals surface area (Å²) in [6.07, 6.45) is -10.8. The molecule has 1 saturated heterocycles. The van der Waals surface area contributed by atoms with Crippen molar-refractivity contribution in [3.63, 3.8) is 0 Å². The molecular formula is C34H24ClF7N2O4. The smallest absolute Gasteiger partial charge is 0.416 e. The molecule has 6 nitrogen and oxygen atoms in total. The lowest BCUT2D eigenvalue weighted by Gasteiger charge is -2.23. The number of carbonyl (C=O) groups excluding carboxylic acids is 1. The van der Waals surface area contributed by atoms with Crippen molar-refractivity contribution < 1.29 is 50.2 Å². The summed E-state index contributed by atoms with van der Waals surface area (Å²) >= 11 is 6.60. The standard InChI is InChI=1S/C34H24ClF7N2O4/c1-16-30(20-10-21(33(37,38)39)14-22(11-20)34(40,41)42)48-32(47)44(16)15-29-24(7-9-28(43-29)17-2-3-17)25-12-18(5-8-26(25)35)23-6-4-19(31(45)46)13-27(23)36/h4-14,16-17,30H,2-3,15H2,1H3,(H,45,46)/t16-,30-/m0/s1. The van der Waals surface area contributed by atoms with Crippen molar-refractivity contribution in [3.8, 4) is 22.3 Å². The zero-order chi connectivity index (χ0) is 34.7. The number of benzene rings is 3. The average Bonchev–Trinajstić information content (AvgIpc) is 3.83. The Labute approximate surface area is 273 Å². The number of alkyl halides is 6. The van der Waals surface area contributed by atoms with Gasteiger partial charge in [-0.25, -0.2) is 14.0 Å². The average molecular weight is 693 g/mol. The van der Waals surface area contributed by atoms with Gasteiger partial charge in [0.25, 0.3) is 0 Å². The number of nitrogens with zero attached hydrogens (tertiary/aromatic N) is 2. The molecule has 0 unspecified atom stereocenters. The predicted molar refractivity (Wildman–Crippen MR) is 160 cm³/mol. The minimum absolute atomic E-state index is 0.00647. The Kier molecular flexibility index (Phi) is 8.39. The van der Waals surface area contributed by atoms with E-state index in [-0.39, 0.29) is 34.7 Å². The number of halogens is 8. The Bertz CT molecular complexity index is 1910. The van der Waals surface area contributed by atoms with Crippen LogP contribution < -0.4 is 0 Å².